The Hall–Kier alpha value is -2.43. The van der Waals surface area contributed by atoms with Crippen LogP contribution in [-0.2, 0) is 6.54 Å². The van der Waals surface area contributed by atoms with Gasteiger partial charge in [-0.15, -0.1) is 0 Å². The summed E-state index contributed by atoms with van der Waals surface area (Å²) in [6, 6.07) is 9.87. The molecule has 2 aromatic rings. The number of benzene rings is 2. The fourth-order valence-corrected chi connectivity index (χ4v) is 1.84. The van der Waals surface area contributed by atoms with Crippen LogP contribution in [0.2, 0.25) is 0 Å². The van der Waals surface area contributed by atoms with Gasteiger partial charge in [0.05, 0.1) is 6.61 Å². The van der Waals surface area contributed by atoms with E-state index in [9.17, 15) is 13.6 Å². The third kappa shape index (κ3) is 4.02. The number of nitrogens with one attached hydrogen (secondary N) is 1. The van der Waals surface area contributed by atoms with Gasteiger partial charge in [-0.2, -0.15) is 0 Å². The lowest BCUT2D eigenvalue weighted by molar-refractivity contribution is 0.0950. The summed E-state index contributed by atoms with van der Waals surface area (Å²) in [5.74, 6) is -1.19. The van der Waals surface area contributed by atoms with Crippen molar-refractivity contribution in [2.24, 2.45) is 0 Å². The van der Waals surface area contributed by atoms with E-state index in [1.165, 1.54) is 30.3 Å². The van der Waals surface area contributed by atoms with E-state index in [1.807, 2.05) is 0 Å². The van der Waals surface area contributed by atoms with Crippen molar-refractivity contribution in [2.45, 2.75) is 13.5 Å². The molecule has 1 amide bonds. The van der Waals surface area contributed by atoms with Gasteiger partial charge < -0.3 is 10.1 Å². The fourth-order valence-electron chi connectivity index (χ4n) is 1.84. The Kier molecular flexibility index (Phi) is 4.87. The largest absolute Gasteiger partial charge is 0.491 e. The predicted octanol–water partition coefficient (Wildman–Crippen LogP) is 3.29. The van der Waals surface area contributed by atoms with Gasteiger partial charge in [0.15, 0.2) is 11.6 Å². The van der Waals surface area contributed by atoms with E-state index in [2.05, 4.69) is 5.32 Å². The van der Waals surface area contributed by atoms with Gasteiger partial charge >= 0.3 is 0 Å². The third-order valence-corrected chi connectivity index (χ3v) is 2.84. The number of amides is 1. The maximum atomic E-state index is 13.7. The summed E-state index contributed by atoms with van der Waals surface area (Å²) in [5, 5.41) is 2.61. The first-order valence-corrected chi connectivity index (χ1v) is 6.55. The summed E-state index contributed by atoms with van der Waals surface area (Å²) in [6.45, 7) is 2.30. The molecule has 110 valence electrons. The van der Waals surface area contributed by atoms with Crippen LogP contribution in [0.4, 0.5) is 8.78 Å². The van der Waals surface area contributed by atoms with Gasteiger partial charge in [-0.05, 0) is 42.8 Å². The highest BCUT2D eigenvalue weighted by atomic mass is 19.1. The van der Waals surface area contributed by atoms with E-state index in [0.717, 1.165) is 6.07 Å². The molecule has 0 heterocycles. The topological polar surface area (TPSA) is 38.3 Å². The van der Waals surface area contributed by atoms with Crippen molar-refractivity contribution in [3.05, 3.63) is 65.2 Å². The van der Waals surface area contributed by atoms with Crippen molar-refractivity contribution in [3.8, 4) is 5.75 Å². The molecule has 5 heteroatoms. The molecular formula is C16H15F2NO2. The molecule has 0 aliphatic heterocycles. The van der Waals surface area contributed by atoms with Crippen molar-refractivity contribution in [1.82, 2.24) is 5.32 Å². The molecule has 0 bridgehead atoms. The van der Waals surface area contributed by atoms with Gasteiger partial charge in [-0.1, -0.05) is 12.1 Å². The van der Waals surface area contributed by atoms with Crippen LogP contribution in [0.25, 0.3) is 0 Å². The Labute approximate surface area is 121 Å². The van der Waals surface area contributed by atoms with Gasteiger partial charge in [0.25, 0.3) is 5.91 Å². The van der Waals surface area contributed by atoms with Crippen molar-refractivity contribution < 1.29 is 18.3 Å². The highest BCUT2D eigenvalue weighted by Gasteiger charge is 2.08. The first-order chi connectivity index (χ1) is 10.1. The van der Waals surface area contributed by atoms with Gasteiger partial charge in [0.2, 0.25) is 0 Å². The van der Waals surface area contributed by atoms with E-state index in [-0.39, 0.29) is 17.9 Å². The number of ether oxygens (including phenoxy) is 1. The Morgan fingerprint density at radius 3 is 2.67 bits per heavy atom. The highest BCUT2D eigenvalue weighted by molar-refractivity contribution is 5.94. The van der Waals surface area contributed by atoms with Crippen LogP contribution in [0, 0.1) is 11.6 Å². The van der Waals surface area contributed by atoms with Gasteiger partial charge in [0.1, 0.15) is 5.82 Å². The minimum Gasteiger partial charge on any atom is -0.491 e. The Balaban J connectivity index is 2.00. The summed E-state index contributed by atoms with van der Waals surface area (Å²) < 4.78 is 31.8. The molecule has 1 N–H and O–H groups in total. The SMILES string of the molecule is CCOc1ccc(CNC(=O)c2cccc(F)c2)cc1F. The second-order valence-corrected chi connectivity index (χ2v) is 4.39. The summed E-state index contributed by atoms with van der Waals surface area (Å²) in [7, 11) is 0. The lowest BCUT2D eigenvalue weighted by atomic mass is 10.2. The van der Waals surface area contributed by atoms with E-state index in [0.29, 0.717) is 12.2 Å². The van der Waals surface area contributed by atoms with Gasteiger partial charge in [-0.25, -0.2) is 8.78 Å². The predicted molar refractivity (Wildman–Crippen MR) is 75.1 cm³/mol. The van der Waals surface area contributed by atoms with Crippen LogP contribution in [0.1, 0.15) is 22.8 Å². The molecule has 3 nitrogen and oxygen atoms in total. The van der Waals surface area contributed by atoms with Crippen LogP contribution in [0.5, 0.6) is 5.75 Å². The van der Waals surface area contributed by atoms with Crippen LogP contribution in [0.15, 0.2) is 42.5 Å². The standard InChI is InChI=1S/C16H15F2NO2/c1-2-21-15-7-6-11(8-14(15)18)10-19-16(20)12-4-3-5-13(17)9-12/h3-9H,2,10H2,1H3,(H,19,20). The number of halogens is 2. The van der Waals surface area contributed by atoms with Gasteiger partial charge in [0, 0.05) is 12.1 Å². The maximum Gasteiger partial charge on any atom is 0.251 e. The lowest BCUT2D eigenvalue weighted by Crippen LogP contribution is -2.22. The van der Waals surface area contributed by atoms with Crippen molar-refractivity contribution in [1.29, 1.82) is 0 Å². The highest BCUT2D eigenvalue weighted by Crippen LogP contribution is 2.18. The third-order valence-electron chi connectivity index (χ3n) is 2.84. The Morgan fingerprint density at radius 2 is 2.00 bits per heavy atom. The Bertz CT molecular complexity index is 644. The molecule has 0 saturated heterocycles. The van der Waals surface area contributed by atoms with E-state index in [4.69, 9.17) is 4.74 Å². The maximum absolute atomic E-state index is 13.7. The number of carbonyl (C=O) groups excluding carboxylic acids is 1. The minimum atomic E-state index is -0.477. The zero-order chi connectivity index (χ0) is 15.2. The smallest absolute Gasteiger partial charge is 0.251 e. The van der Waals surface area contributed by atoms with E-state index in [1.54, 1.807) is 13.0 Å². The van der Waals surface area contributed by atoms with Crippen LogP contribution >= 0.6 is 0 Å². The monoisotopic (exact) mass is 291 g/mol. The molecule has 0 aliphatic rings. The molecule has 0 fully saturated rings. The molecule has 0 atom stereocenters. The molecule has 21 heavy (non-hydrogen) atoms. The molecule has 0 saturated carbocycles. The molecule has 0 spiro atoms. The lowest BCUT2D eigenvalue weighted by Gasteiger charge is -2.08. The number of carbonyl (C=O) groups is 1. The van der Waals surface area contributed by atoms with Crippen molar-refractivity contribution in [3.63, 3.8) is 0 Å². The molecule has 0 aromatic heterocycles. The average Bonchev–Trinajstić information content (AvgIpc) is 2.47. The summed E-state index contributed by atoms with van der Waals surface area (Å²) in [6.07, 6.45) is 0. The molecule has 0 aliphatic carbocycles. The molecule has 2 rings (SSSR count). The first-order valence-electron chi connectivity index (χ1n) is 6.55. The van der Waals surface area contributed by atoms with Crippen molar-refractivity contribution in [2.75, 3.05) is 6.61 Å². The molecule has 0 radical (unpaired) electrons. The number of rotatable bonds is 5. The van der Waals surface area contributed by atoms with Crippen molar-refractivity contribution >= 4 is 5.91 Å². The van der Waals surface area contributed by atoms with E-state index < -0.39 is 17.5 Å². The quantitative estimate of drug-likeness (QED) is 0.918. The first kappa shape index (κ1) is 15.0. The zero-order valence-corrected chi connectivity index (χ0v) is 11.5. The second kappa shape index (κ2) is 6.83. The van der Waals surface area contributed by atoms with Crippen LogP contribution in [-0.4, -0.2) is 12.5 Å². The van der Waals surface area contributed by atoms with Crippen LogP contribution in [0.3, 0.4) is 0 Å². The molecular weight excluding hydrogens is 276 g/mol. The summed E-state index contributed by atoms with van der Waals surface area (Å²) >= 11 is 0. The summed E-state index contributed by atoms with van der Waals surface area (Å²) in [4.78, 5) is 11.8. The number of hydrogen-bond acceptors (Lipinski definition) is 2. The normalized spacial score (nSPS) is 10.2. The van der Waals surface area contributed by atoms with Crippen LogP contribution < -0.4 is 10.1 Å². The van der Waals surface area contributed by atoms with E-state index >= 15 is 0 Å². The summed E-state index contributed by atoms with van der Waals surface area (Å²) in [5.41, 5.74) is 0.821. The number of hydrogen-bond donors (Lipinski definition) is 1. The molecule has 0 unspecified atom stereocenters. The van der Waals surface area contributed by atoms with Gasteiger partial charge in [-0.3, -0.25) is 4.79 Å². The Morgan fingerprint density at radius 1 is 1.19 bits per heavy atom. The fraction of sp³-hybridized carbons (Fsp3) is 0.188. The zero-order valence-electron chi connectivity index (χ0n) is 11.5. The molecule has 2 aromatic carbocycles. The second-order valence-electron chi connectivity index (χ2n) is 4.39. The minimum absolute atomic E-state index is 0.151. The average molecular weight is 291 g/mol.